The second-order valence-electron chi connectivity index (χ2n) is 5.80. The molecule has 1 aliphatic heterocycles. The van der Waals surface area contributed by atoms with Gasteiger partial charge in [0.2, 0.25) is 0 Å². The molecule has 0 saturated heterocycles. The zero-order valence-corrected chi connectivity index (χ0v) is 11.4. The summed E-state index contributed by atoms with van der Waals surface area (Å²) in [5.74, 6) is 0.943. The first-order valence-electron chi connectivity index (χ1n) is 7.39. The molecule has 2 aliphatic rings. The summed E-state index contributed by atoms with van der Waals surface area (Å²) < 4.78 is 0. The summed E-state index contributed by atoms with van der Waals surface area (Å²) in [5.41, 5.74) is 4.57. The molecule has 0 spiro atoms. The minimum Gasteiger partial charge on any atom is -0.370 e. The number of nitrogens with one attached hydrogen (secondary N) is 1. The largest absolute Gasteiger partial charge is 0.370 e. The van der Waals surface area contributed by atoms with Gasteiger partial charge < -0.3 is 10.2 Å². The van der Waals surface area contributed by atoms with Crippen LogP contribution < -0.4 is 10.2 Å². The van der Waals surface area contributed by atoms with Crippen LogP contribution in [0.4, 0.5) is 5.69 Å². The van der Waals surface area contributed by atoms with E-state index >= 15 is 0 Å². The van der Waals surface area contributed by atoms with Gasteiger partial charge in [0.05, 0.1) is 0 Å². The van der Waals surface area contributed by atoms with Crippen molar-refractivity contribution in [2.24, 2.45) is 5.92 Å². The first-order valence-corrected chi connectivity index (χ1v) is 7.39. The Kier molecular flexibility index (Phi) is 3.55. The highest BCUT2D eigenvalue weighted by Gasteiger charge is 2.25. The predicted molar refractivity (Wildman–Crippen MR) is 77.1 cm³/mol. The topological polar surface area (TPSA) is 15.3 Å². The van der Waals surface area contributed by atoms with E-state index in [1.54, 1.807) is 11.3 Å². The van der Waals surface area contributed by atoms with Gasteiger partial charge in [0.15, 0.2) is 0 Å². The van der Waals surface area contributed by atoms with Crippen molar-refractivity contribution in [3.63, 3.8) is 0 Å². The van der Waals surface area contributed by atoms with Gasteiger partial charge in [-0.25, -0.2) is 0 Å². The second-order valence-corrected chi connectivity index (χ2v) is 5.80. The van der Waals surface area contributed by atoms with Crippen molar-refractivity contribution < 1.29 is 0 Å². The molecule has 1 aliphatic carbocycles. The molecule has 1 fully saturated rings. The van der Waals surface area contributed by atoms with Crippen molar-refractivity contribution in [1.29, 1.82) is 0 Å². The van der Waals surface area contributed by atoms with Gasteiger partial charge in [-0.05, 0) is 43.4 Å². The monoisotopic (exact) mass is 244 g/mol. The number of para-hydroxylation sites is 1. The molecule has 1 aromatic rings. The van der Waals surface area contributed by atoms with Crippen LogP contribution in [-0.2, 0) is 13.0 Å². The fourth-order valence-corrected chi connectivity index (χ4v) is 3.64. The summed E-state index contributed by atoms with van der Waals surface area (Å²) in [5, 5.41) is 3.30. The van der Waals surface area contributed by atoms with Crippen LogP contribution in [0.25, 0.3) is 0 Å². The summed E-state index contributed by atoms with van der Waals surface area (Å²) >= 11 is 0. The van der Waals surface area contributed by atoms with Crippen LogP contribution >= 0.6 is 0 Å². The number of benzene rings is 1. The van der Waals surface area contributed by atoms with Crippen LogP contribution in [0.5, 0.6) is 0 Å². The van der Waals surface area contributed by atoms with Crippen molar-refractivity contribution in [3.8, 4) is 0 Å². The smallest absolute Gasteiger partial charge is 0.0445 e. The van der Waals surface area contributed by atoms with Gasteiger partial charge >= 0.3 is 0 Å². The van der Waals surface area contributed by atoms with Crippen molar-refractivity contribution in [2.45, 2.75) is 38.6 Å². The number of nitrogens with zero attached hydrogens (tertiary/aromatic N) is 1. The Balaban J connectivity index is 1.80. The molecule has 98 valence electrons. The number of anilines is 1. The van der Waals surface area contributed by atoms with Crippen LogP contribution in [0.3, 0.4) is 0 Å². The standard InChI is InChI=1S/C16H24N2/c1-17-11-15-8-4-7-14-9-10-18(16(14)15)12-13-5-2-3-6-13/h4,7-8,13,17H,2-3,5-6,9-12H2,1H3. The number of fused-ring (bicyclic) bond motifs is 1. The highest BCUT2D eigenvalue weighted by molar-refractivity contribution is 5.63. The fourth-order valence-electron chi connectivity index (χ4n) is 3.64. The third kappa shape index (κ3) is 2.26. The van der Waals surface area contributed by atoms with Gasteiger partial charge in [-0.1, -0.05) is 31.0 Å². The maximum absolute atomic E-state index is 3.30. The Morgan fingerprint density at radius 2 is 2.11 bits per heavy atom. The van der Waals surface area contributed by atoms with Crippen molar-refractivity contribution in [2.75, 3.05) is 25.0 Å². The average molecular weight is 244 g/mol. The number of hydrogen-bond donors (Lipinski definition) is 1. The first kappa shape index (κ1) is 12.0. The molecule has 0 atom stereocenters. The van der Waals surface area contributed by atoms with E-state index in [-0.39, 0.29) is 0 Å². The quantitative estimate of drug-likeness (QED) is 0.876. The molecule has 0 bridgehead atoms. The van der Waals surface area contributed by atoms with Crippen molar-refractivity contribution >= 4 is 5.69 Å². The maximum Gasteiger partial charge on any atom is 0.0445 e. The van der Waals surface area contributed by atoms with Crippen LogP contribution in [0.2, 0.25) is 0 Å². The molecule has 3 rings (SSSR count). The molecular weight excluding hydrogens is 220 g/mol. The fraction of sp³-hybridized carbons (Fsp3) is 0.625. The van der Waals surface area contributed by atoms with E-state index in [0.717, 1.165) is 12.5 Å². The van der Waals surface area contributed by atoms with Gasteiger partial charge in [0.25, 0.3) is 0 Å². The second kappa shape index (κ2) is 5.31. The lowest BCUT2D eigenvalue weighted by Crippen LogP contribution is -2.27. The van der Waals surface area contributed by atoms with Gasteiger partial charge in [-0.15, -0.1) is 0 Å². The average Bonchev–Trinajstić information content (AvgIpc) is 3.01. The third-order valence-corrected chi connectivity index (χ3v) is 4.49. The lowest BCUT2D eigenvalue weighted by molar-refractivity contribution is 0.537. The van der Waals surface area contributed by atoms with E-state index in [1.807, 2.05) is 7.05 Å². The highest BCUT2D eigenvalue weighted by Crippen LogP contribution is 2.35. The first-order chi connectivity index (χ1) is 8.88. The van der Waals surface area contributed by atoms with Gasteiger partial charge in [-0.2, -0.15) is 0 Å². The molecule has 2 nitrogen and oxygen atoms in total. The molecule has 0 radical (unpaired) electrons. The summed E-state index contributed by atoms with van der Waals surface area (Å²) in [6, 6.07) is 6.80. The van der Waals surface area contributed by atoms with Gasteiger partial charge in [-0.3, -0.25) is 0 Å². The van der Waals surface area contributed by atoms with Gasteiger partial charge in [0.1, 0.15) is 0 Å². The van der Waals surface area contributed by atoms with E-state index in [9.17, 15) is 0 Å². The SMILES string of the molecule is CNCc1cccc2c1N(CC1CCCC1)CC2. The van der Waals surface area contributed by atoms with Crippen molar-refractivity contribution in [1.82, 2.24) is 5.32 Å². The Morgan fingerprint density at radius 3 is 2.89 bits per heavy atom. The molecule has 0 amide bonds. The lowest BCUT2D eigenvalue weighted by Gasteiger charge is -2.25. The van der Waals surface area contributed by atoms with Crippen LogP contribution in [0, 0.1) is 5.92 Å². The molecule has 1 aromatic carbocycles. The summed E-state index contributed by atoms with van der Waals surface area (Å²) in [6.07, 6.45) is 7.02. The van der Waals surface area contributed by atoms with Gasteiger partial charge in [0, 0.05) is 25.3 Å². The van der Waals surface area contributed by atoms with Crippen LogP contribution in [0.15, 0.2) is 18.2 Å². The Morgan fingerprint density at radius 1 is 1.28 bits per heavy atom. The Labute approximate surface area is 110 Å². The van der Waals surface area contributed by atoms with Crippen LogP contribution in [-0.4, -0.2) is 20.1 Å². The molecular formula is C16H24N2. The molecule has 1 N–H and O–H groups in total. The molecule has 0 aromatic heterocycles. The molecule has 0 unspecified atom stereocenters. The number of rotatable bonds is 4. The molecule has 18 heavy (non-hydrogen) atoms. The van der Waals surface area contributed by atoms with E-state index in [0.29, 0.717) is 0 Å². The zero-order chi connectivity index (χ0) is 12.4. The summed E-state index contributed by atoms with van der Waals surface area (Å²) in [7, 11) is 2.04. The normalized spacial score (nSPS) is 19.5. The maximum atomic E-state index is 3.30. The zero-order valence-electron chi connectivity index (χ0n) is 11.4. The number of hydrogen-bond acceptors (Lipinski definition) is 2. The van der Waals surface area contributed by atoms with E-state index in [2.05, 4.69) is 28.4 Å². The lowest BCUT2D eigenvalue weighted by atomic mass is 10.1. The summed E-state index contributed by atoms with van der Waals surface area (Å²) in [6.45, 7) is 3.50. The molecule has 1 heterocycles. The van der Waals surface area contributed by atoms with Crippen LogP contribution in [0.1, 0.15) is 36.8 Å². The third-order valence-electron chi connectivity index (χ3n) is 4.49. The Bertz CT molecular complexity index is 408. The Hall–Kier alpha value is -1.02. The molecule has 1 saturated carbocycles. The van der Waals surface area contributed by atoms with E-state index in [4.69, 9.17) is 0 Å². The molecule has 2 heteroatoms. The minimum absolute atomic E-state index is 0.943. The highest BCUT2D eigenvalue weighted by atomic mass is 15.2. The minimum atomic E-state index is 0.943. The predicted octanol–water partition coefficient (Wildman–Crippen LogP) is 2.96. The van der Waals surface area contributed by atoms with E-state index < -0.39 is 0 Å². The summed E-state index contributed by atoms with van der Waals surface area (Å²) in [4.78, 5) is 2.65. The van der Waals surface area contributed by atoms with Crippen molar-refractivity contribution in [3.05, 3.63) is 29.3 Å². The van der Waals surface area contributed by atoms with E-state index in [1.165, 1.54) is 50.8 Å².